The van der Waals surface area contributed by atoms with Crippen LogP contribution in [0.2, 0.25) is 5.02 Å². The number of alkyl halides is 1. The van der Waals surface area contributed by atoms with Crippen molar-refractivity contribution in [3.05, 3.63) is 41.1 Å². The molecule has 2 atom stereocenters. The van der Waals surface area contributed by atoms with E-state index < -0.39 is 0 Å². The lowest BCUT2D eigenvalue weighted by molar-refractivity contribution is 0.112. The zero-order chi connectivity index (χ0) is 12.6. The van der Waals surface area contributed by atoms with Gasteiger partial charge in [0.2, 0.25) is 0 Å². The summed E-state index contributed by atoms with van der Waals surface area (Å²) in [5.74, 6) is 0.277. The largest absolute Gasteiger partial charge is 0.359 e. The lowest BCUT2D eigenvalue weighted by atomic mass is 10.2. The number of benzene rings is 1. The summed E-state index contributed by atoms with van der Waals surface area (Å²) in [6, 6.07) is 5.20. The molecule has 0 aliphatic heterocycles. The summed E-state index contributed by atoms with van der Waals surface area (Å²) in [6.45, 7) is 5.96. The van der Waals surface area contributed by atoms with Crippen LogP contribution in [0.4, 0.5) is 5.69 Å². The maximum absolute atomic E-state index is 10.8. The predicted molar refractivity (Wildman–Crippen MR) is 72.0 cm³/mol. The number of halogens is 2. The van der Waals surface area contributed by atoms with Crippen LogP contribution in [0.25, 0.3) is 0 Å². The Labute approximate surface area is 111 Å². The fraction of sp³-hybridized carbons (Fsp3) is 0.308. The molecule has 0 amide bonds. The van der Waals surface area contributed by atoms with Gasteiger partial charge in [0.15, 0.2) is 6.29 Å². The number of carbonyl (C=O) groups is 1. The normalized spacial score (nSPS) is 26.4. The van der Waals surface area contributed by atoms with E-state index in [1.165, 1.54) is 0 Å². The third-order valence-electron chi connectivity index (χ3n) is 3.02. The Balaban J connectivity index is 2.09. The minimum atomic E-state index is -0.177. The Morgan fingerprint density at radius 1 is 1.65 bits per heavy atom. The molecule has 0 saturated heterocycles. The molecule has 1 aromatic rings. The fourth-order valence-electron chi connectivity index (χ4n) is 1.81. The first-order chi connectivity index (χ1) is 7.94. The first-order valence-electron chi connectivity index (χ1n) is 5.33. The molecule has 1 N–H and O–H groups in total. The summed E-state index contributed by atoms with van der Waals surface area (Å²) < 4.78 is 0. The first-order valence-corrected chi connectivity index (χ1v) is 6.09. The molecule has 2 nitrogen and oxygen atoms in total. The van der Waals surface area contributed by atoms with Gasteiger partial charge in [-0.3, -0.25) is 4.79 Å². The quantitative estimate of drug-likeness (QED) is 0.659. The van der Waals surface area contributed by atoms with Crippen LogP contribution in [-0.4, -0.2) is 11.2 Å². The number of hydrogen-bond acceptors (Lipinski definition) is 2. The van der Waals surface area contributed by atoms with Crippen molar-refractivity contribution < 1.29 is 4.79 Å². The van der Waals surface area contributed by atoms with E-state index in [1.54, 1.807) is 12.1 Å². The molecule has 17 heavy (non-hydrogen) atoms. The molecule has 1 saturated carbocycles. The van der Waals surface area contributed by atoms with Crippen LogP contribution in [-0.2, 0) is 0 Å². The highest BCUT2D eigenvalue weighted by molar-refractivity contribution is 6.33. The number of allylic oxidation sites excluding steroid dienone is 1. The van der Waals surface area contributed by atoms with Gasteiger partial charge in [0, 0.05) is 22.9 Å². The van der Waals surface area contributed by atoms with Crippen molar-refractivity contribution in [3.63, 3.8) is 0 Å². The number of carbonyl (C=O) groups excluding carboxylic acids is 1. The van der Waals surface area contributed by atoms with Crippen molar-refractivity contribution in [2.45, 2.75) is 18.2 Å². The molecule has 1 aromatic carbocycles. The molecule has 0 bridgehead atoms. The van der Waals surface area contributed by atoms with Gasteiger partial charge in [-0.15, -0.1) is 11.6 Å². The molecule has 1 fully saturated rings. The van der Waals surface area contributed by atoms with E-state index in [2.05, 4.69) is 11.9 Å². The van der Waals surface area contributed by atoms with Crippen LogP contribution < -0.4 is 5.32 Å². The number of nitrogens with one attached hydrogen (secondary N) is 1. The second-order valence-corrected chi connectivity index (χ2v) is 5.81. The van der Waals surface area contributed by atoms with E-state index in [4.69, 9.17) is 23.2 Å². The van der Waals surface area contributed by atoms with Crippen molar-refractivity contribution >= 4 is 35.2 Å². The maximum Gasteiger partial charge on any atom is 0.151 e. The van der Waals surface area contributed by atoms with Gasteiger partial charge in [-0.25, -0.2) is 0 Å². The number of anilines is 1. The average Bonchev–Trinajstić information content (AvgIpc) is 2.91. The van der Waals surface area contributed by atoms with Crippen molar-refractivity contribution in [2.24, 2.45) is 5.92 Å². The van der Waals surface area contributed by atoms with Crippen LogP contribution in [0.5, 0.6) is 0 Å². The van der Waals surface area contributed by atoms with Gasteiger partial charge in [-0.05, 0) is 31.5 Å². The summed E-state index contributed by atoms with van der Waals surface area (Å²) in [5.41, 5.74) is 2.15. The van der Waals surface area contributed by atoms with E-state index in [0.29, 0.717) is 10.6 Å². The molecule has 2 unspecified atom stereocenters. The van der Waals surface area contributed by atoms with Gasteiger partial charge in [-0.2, -0.15) is 0 Å². The standard InChI is InChI=1S/C13H13Cl2NO/c1-8(11-6-13(11,2)15)16-10-3-4-12(14)9(5-10)7-17/h3-5,7,11,16H,1,6H2,2H3. The van der Waals surface area contributed by atoms with E-state index in [0.717, 1.165) is 24.1 Å². The Hall–Kier alpha value is -0.990. The van der Waals surface area contributed by atoms with Gasteiger partial charge >= 0.3 is 0 Å². The number of aldehydes is 1. The highest BCUT2D eigenvalue weighted by atomic mass is 35.5. The van der Waals surface area contributed by atoms with Crippen LogP contribution >= 0.6 is 23.2 Å². The lowest BCUT2D eigenvalue weighted by Gasteiger charge is -2.11. The summed E-state index contributed by atoms with van der Waals surface area (Å²) in [5, 5.41) is 3.61. The zero-order valence-corrected chi connectivity index (χ0v) is 11.0. The Kier molecular flexibility index (Phi) is 3.19. The summed E-state index contributed by atoms with van der Waals surface area (Å²) in [7, 11) is 0. The van der Waals surface area contributed by atoms with Crippen LogP contribution in [0.15, 0.2) is 30.5 Å². The van der Waals surface area contributed by atoms with Crippen LogP contribution in [0.3, 0.4) is 0 Å². The van der Waals surface area contributed by atoms with Crippen molar-refractivity contribution in [1.82, 2.24) is 0 Å². The second kappa shape index (κ2) is 4.35. The molecular formula is C13H13Cl2NO. The Morgan fingerprint density at radius 3 is 2.82 bits per heavy atom. The molecule has 0 aromatic heterocycles. The second-order valence-electron chi connectivity index (χ2n) is 4.54. The van der Waals surface area contributed by atoms with Crippen LogP contribution in [0.1, 0.15) is 23.7 Å². The first kappa shape index (κ1) is 12.5. The predicted octanol–water partition coefficient (Wildman–Crippen LogP) is 4.10. The molecule has 0 radical (unpaired) electrons. The highest BCUT2D eigenvalue weighted by Crippen LogP contribution is 2.52. The van der Waals surface area contributed by atoms with Gasteiger partial charge in [0.25, 0.3) is 0 Å². The molecule has 1 aliphatic carbocycles. The van der Waals surface area contributed by atoms with E-state index in [1.807, 2.05) is 13.0 Å². The molecule has 0 spiro atoms. The summed E-state index contributed by atoms with van der Waals surface area (Å²) >= 11 is 12.0. The minimum Gasteiger partial charge on any atom is -0.359 e. The third-order valence-corrected chi connectivity index (χ3v) is 3.78. The molecule has 1 aliphatic rings. The molecule has 0 heterocycles. The van der Waals surface area contributed by atoms with Crippen molar-refractivity contribution in [2.75, 3.05) is 5.32 Å². The minimum absolute atomic E-state index is 0.177. The van der Waals surface area contributed by atoms with Crippen molar-refractivity contribution in [1.29, 1.82) is 0 Å². The highest BCUT2D eigenvalue weighted by Gasteiger charge is 2.50. The van der Waals surface area contributed by atoms with Gasteiger partial charge in [-0.1, -0.05) is 18.2 Å². The summed E-state index contributed by atoms with van der Waals surface area (Å²) in [4.78, 5) is 10.6. The molecule has 4 heteroatoms. The van der Waals surface area contributed by atoms with Crippen LogP contribution in [0, 0.1) is 5.92 Å². The van der Waals surface area contributed by atoms with Gasteiger partial charge < -0.3 is 5.32 Å². The topological polar surface area (TPSA) is 29.1 Å². The monoisotopic (exact) mass is 269 g/mol. The van der Waals surface area contributed by atoms with Gasteiger partial charge in [0.1, 0.15) is 0 Å². The zero-order valence-electron chi connectivity index (χ0n) is 9.47. The average molecular weight is 270 g/mol. The Morgan fingerprint density at radius 2 is 2.29 bits per heavy atom. The van der Waals surface area contributed by atoms with E-state index >= 15 is 0 Å². The number of hydrogen-bond donors (Lipinski definition) is 1. The Bertz CT molecular complexity index is 482. The fourth-order valence-corrected chi connectivity index (χ4v) is 2.26. The van der Waals surface area contributed by atoms with Crippen molar-refractivity contribution in [3.8, 4) is 0 Å². The molecule has 2 rings (SSSR count). The molecular weight excluding hydrogens is 257 g/mol. The van der Waals surface area contributed by atoms with E-state index in [9.17, 15) is 4.79 Å². The third kappa shape index (κ3) is 2.64. The smallest absolute Gasteiger partial charge is 0.151 e. The number of rotatable bonds is 4. The maximum atomic E-state index is 10.8. The SMILES string of the molecule is C=C(Nc1ccc(Cl)c(C=O)c1)C1CC1(C)Cl. The van der Waals surface area contributed by atoms with Gasteiger partial charge in [0.05, 0.1) is 9.90 Å². The molecule has 90 valence electrons. The lowest BCUT2D eigenvalue weighted by Crippen LogP contribution is -2.05. The summed E-state index contributed by atoms with van der Waals surface area (Å²) in [6.07, 6.45) is 1.66. The van der Waals surface area contributed by atoms with E-state index in [-0.39, 0.29) is 10.8 Å².